The molecule has 1 aromatic heterocycles. The fraction of sp³-hybridized carbons (Fsp3) is 0.154. The predicted molar refractivity (Wildman–Crippen MR) is 72.5 cm³/mol. The molecule has 0 saturated heterocycles. The first kappa shape index (κ1) is 11.4. The van der Waals surface area contributed by atoms with E-state index in [1.165, 1.54) is 3.57 Å². The molecule has 82 valence electrons. The maximum Gasteiger partial charge on any atom is 0.217 e. The van der Waals surface area contributed by atoms with Crippen molar-refractivity contribution < 1.29 is 4.74 Å². The van der Waals surface area contributed by atoms with Crippen LogP contribution in [0.25, 0.3) is 0 Å². The van der Waals surface area contributed by atoms with E-state index < -0.39 is 0 Å². The zero-order chi connectivity index (χ0) is 11.4. The minimum absolute atomic E-state index is 0.564. The van der Waals surface area contributed by atoms with Crippen molar-refractivity contribution in [1.82, 2.24) is 4.98 Å². The van der Waals surface area contributed by atoms with Gasteiger partial charge in [-0.05, 0) is 41.1 Å². The van der Waals surface area contributed by atoms with Crippen LogP contribution in [0.5, 0.6) is 5.88 Å². The van der Waals surface area contributed by atoms with Gasteiger partial charge in [-0.2, -0.15) is 0 Å². The molecule has 2 aromatic rings. The van der Waals surface area contributed by atoms with Crippen molar-refractivity contribution in [3.8, 4) is 5.88 Å². The highest BCUT2D eigenvalue weighted by Gasteiger charge is 2.04. The molecule has 2 nitrogen and oxygen atoms in total. The molecule has 0 bridgehead atoms. The van der Waals surface area contributed by atoms with Crippen LogP contribution in [0, 0.1) is 10.5 Å². The summed E-state index contributed by atoms with van der Waals surface area (Å²) in [5.74, 6) is 0.718. The molecule has 0 aliphatic heterocycles. The van der Waals surface area contributed by atoms with Crippen LogP contribution in [0.2, 0.25) is 0 Å². The molecular formula is C13H12INO. The summed E-state index contributed by atoms with van der Waals surface area (Å²) < 4.78 is 6.86. The molecule has 0 unspecified atom stereocenters. The average molecular weight is 325 g/mol. The van der Waals surface area contributed by atoms with Gasteiger partial charge in [0.1, 0.15) is 6.61 Å². The Labute approximate surface area is 109 Å². The van der Waals surface area contributed by atoms with E-state index in [-0.39, 0.29) is 0 Å². The lowest BCUT2D eigenvalue weighted by Crippen LogP contribution is -1.99. The lowest BCUT2D eigenvalue weighted by atomic mass is 10.2. The number of hydrogen-bond donors (Lipinski definition) is 0. The van der Waals surface area contributed by atoms with Gasteiger partial charge in [0.25, 0.3) is 0 Å². The van der Waals surface area contributed by atoms with Crippen LogP contribution in [-0.4, -0.2) is 4.98 Å². The molecule has 16 heavy (non-hydrogen) atoms. The molecule has 1 aromatic carbocycles. The Morgan fingerprint density at radius 2 is 1.94 bits per heavy atom. The van der Waals surface area contributed by atoms with E-state index in [0.29, 0.717) is 6.61 Å². The summed E-state index contributed by atoms with van der Waals surface area (Å²) in [5, 5.41) is 0. The van der Waals surface area contributed by atoms with E-state index >= 15 is 0 Å². The standard InChI is InChI=1S/C13H12INO/c1-10-12(14)7-8-15-13(10)16-9-11-5-3-2-4-6-11/h2-8H,9H2,1H3. The minimum atomic E-state index is 0.564. The molecule has 2 rings (SSSR count). The summed E-state index contributed by atoms with van der Waals surface area (Å²) in [7, 11) is 0. The maximum absolute atomic E-state index is 5.69. The maximum atomic E-state index is 5.69. The largest absolute Gasteiger partial charge is 0.473 e. The summed E-state index contributed by atoms with van der Waals surface area (Å²) >= 11 is 2.28. The highest BCUT2D eigenvalue weighted by molar-refractivity contribution is 14.1. The number of halogens is 1. The molecule has 0 spiro atoms. The third kappa shape index (κ3) is 2.72. The van der Waals surface area contributed by atoms with Gasteiger partial charge >= 0.3 is 0 Å². The molecule has 3 heteroatoms. The van der Waals surface area contributed by atoms with Crippen LogP contribution >= 0.6 is 22.6 Å². The number of nitrogens with zero attached hydrogens (tertiary/aromatic N) is 1. The lowest BCUT2D eigenvalue weighted by molar-refractivity contribution is 0.291. The summed E-state index contributed by atoms with van der Waals surface area (Å²) in [4.78, 5) is 4.23. The average Bonchev–Trinajstić information content (AvgIpc) is 2.32. The smallest absolute Gasteiger partial charge is 0.217 e. The van der Waals surface area contributed by atoms with Crippen molar-refractivity contribution in [1.29, 1.82) is 0 Å². The number of aromatic nitrogens is 1. The molecule has 0 N–H and O–H groups in total. The lowest BCUT2D eigenvalue weighted by Gasteiger charge is -2.08. The number of rotatable bonds is 3. The number of pyridine rings is 1. The molecule has 1 heterocycles. The summed E-state index contributed by atoms with van der Waals surface area (Å²) in [6.07, 6.45) is 1.77. The van der Waals surface area contributed by atoms with Crippen molar-refractivity contribution in [3.05, 3.63) is 57.3 Å². The van der Waals surface area contributed by atoms with Gasteiger partial charge in [0.15, 0.2) is 0 Å². The monoisotopic (exact) mass is 325 g/mol. The highest BCUT2D eigenvalue weighted by atomic mass is 127. The Kier molecular flexibility index (Phi) is 3.77. The van der Waals surface area contributed by atoms with Crippen LogP contribution in [0.15, 0.2) is 42.6 Å². The first-order chi connectivity index (χ1) is 7.77. The summed E-state index contributed by atoms with van der Waals surface area (Å²) in [6.45, 7) is 2.59. The molecule has 0 atom stereocenters. The van der Waals surface area contributed by atoms with E-state index in [1.807, 2.05) is 43.3 Å². The van der Waals surface area contributed by atoms with Gasteiger partial charge in [-0.1, -0.05) is 30.3 Å². The molecule has 0 radical (unpaired) electrons. The van der Waals surface area contributed by atoms with Gasteiger partial charge in [0.2, 0.25) is 5.88 Å². The van der Waals surface area contributed by atoms with Crippen molar-refractivity contribution >= 4 is 22.6 Å². The van der Waals surface area contributed by atoms with E-state index in [2.05, 4.69) is 27.6 Å². The Morgan fingerprint density at radius 1 is 1.19 bits per heavy atom. The second kappa shape index (κ2) is 5.30. The van der Waals surface area contributed by atoms with Crippen LogP contribution in [0.1, 0.15) is 11.1 Å². The topological polar surface area (TPSA) is 22.1 Å². The van der Waals surface area contributed by atoms with Crippen LogP contribution < -0.4 is 4.74 Å². The fourth-order valence-electron chi connectivity index (χ4n) is 1.37. The second-order valence-corrected chi connectivity index (χ2v) is 4.66. The Bertz CT molecular complexity index is 471. The highest BCUT2D eigenvalue weighted by Crippen LogP contribution is 2.20. The zero-order valence-electron chi connectivity index (χ0n) is 8.98. The zero-order valence-corrected chi connectivity index (χ0v) is 11.1. The first-order valence-electron chi connectivity index (χ1n) is 5.05. The van der Waals surface area contributed by atoms with Crippen LogP contribution in [0.3, 0.4) is 0 Å². The Morgan fingerprint density at radius 3 is 2.69 bits per heavy atom. The molecular weight excluding hydrogens is 313 g/mol. The molecule has 0 amide bonds. The molecule has 0 aliphatic carbocycles. The van der Waals surface area contributed by atoms with Gasteiger partial charge in [-0.25, -0.2) is 4.98 Å². The van der Waals surface area contributed by atoms with Gasteiger partial charge in [-0.3, -0.25) is 0 Å². The minimum Gasteiger partial charge on any atom is -0.473 e. The predicted octanol–water partition coefficient (Wildman–Crippen LogP) is 3.57. The normalized spacial score (nSPS) is 10.1. The molecule has 0 aliphatic rings. The van der Waals surface area contributed by atoms with Gasteiger partial charge in [0, 0.05) is 15.3 Å². The fourth-order valence-corrected chi connectivity index (χ4v) is 1.76. The van der Waals surface area contributed by atoms with E-state index in [0.717, 1.165) is 17.0 Å². The number of ether oxygens (including phenoxy) is 1. The molecule has 0 saturated carbocycles. The van der Waals surface area contributed by atoms with Crippen LogP contribution in [0.4, 0.5) is 0 Å². The van der Waals surface area contributed by atoms with Crippen LogP contribution in [-0.2, 0) is 6.61 Å². The SMILES string of the molecule is Cc1c(I)ccnc1OCc1ccccc1. The molecule has 0 fully saturated rings. The Hall–Kier alpha value is -1.10. The number of benzene rings is 1. The van der Waals surface area contributed by atoms with Gasteiger partial charge in [-0.15, -0.1) is 0 Å². The van der Waals surface area contributed by atoms with Crippen molar-refractivity contribution in [2.75, 3.05) is 0 Å². The van der Waals surface area contributed by atoms with E-state index in [9.17, 15) is 0 Å². The van der Waals surface area contributed by atoms with Crippen molar-refractivity contribution in [3.63, 3.8) is 0 Å². The quantitative estimate of drug-likeness (QED) is 0.805. The van der Waals surface area contributed by atoms with E-state index in [4.69, 9.17) is 4.74 Å². The van der Waals surface area contributed by atoms with Gasteiger partial charge < -0.3 is 4.74 Å². The number of hydrogen-bond acceptors (Lipinski definition) is 2. The van der Waals surface area contributed by atoms with Crippen molar-refractivity contribution in [2.24, 2.45) is 0 Å². The summed E-state index contributed by atoms with van der Waals surface area (Å²) in [5.41, 5.74) is 2.25. The Balaban J connectivity index is 2.08. The van der Waals surface area contributed by atoms with Crippen molar-refractivity contribution in [2.45, 2.75) is 13.5 Å². The summed E-state index contributed by atoms with van der Waals surface area (Å²) in [6, 6.07) is 12.1. The first-order valence-corrected chi connectivity index (χ1v) is 6.13. The second-order valence-electron chi connectivity index (χ2n) is 3.50. The van der Waals surface area contributed by atoms with Gasteiger partial charge in [0.05, 0.1) is 0 Å². The third-order valence-corrected chi connectivity index (χ3v) is 3.48. The van der Waals surface area contributed by atoms with E-state index in [1.54, 1.807) is 6.20 Å². The third-order valence-electron chi connectivity index (χ3n) is 2.31.